The number of ether oxygens (including phenoxy) is 1. The highest BCUT2D eigenvalue weighted by Gasteiger charge is 2.18. The minimum absolute atomic E-state index is 0.515. The minimum Gasteiger partial charge on any atom is -0.393 e. The molecule has 3 N–H and O–H groups in total. The Kier molecular flexibility index (Phi) is 6.68. The van der Waals surface area contributed by atoms with Gasteiger partial charge in [-0.3, -0.25) is 4.90 Å². The Bertz CT molecular complexity index is 917. The Hall–Kier alpha value is -3.23. The van der Waals surface area contributed by atoms with E-state index in [4.69, 9.17) is 10.5 Å². The molecule has 0 radical (unpaired) electrons. The van der Waals surface area contributed by atoms with Crippen molar-refractivity contribution in [3.05, 3.63) is 66.6 Å². The average molecular weight is 406 g/mol. The van der Waals surface area contributed by atoms with Gasteiger partial charge in [-0.15, -0.1) is 0 Å². The second kappa shape index (κ2) is 10.00. The average Bonchev–Trinajstić information content (AvgIpc) is 2.81. The zero-order valence-corrected chi connectivity index (χ0v) is 16.9. The Balaban J connectivity index is 1.53. The highest BCUT2D eigenvalue weighted by molar-refractivity contribution is 5.78. The van der Waals surface area contributed by atoms with Crippen molar-refractivity contribution in [2.75, 3.05) is 55.3 Å². The molecule has 1 saturated heterocycles. The van der Waals surface area contributed by atoms with E-state index in [0.29, 0.717) is 23.9 Å². The number of pyridine rings is 1. The second-order valence-corrected chi connectivity index (χ2v) is 7.10. The molecule has 0 unspecified atom stereocenters. The third kappa shape index (κ3) is 5.03. The second-order valence-electron chi connectivity index (χ2n) is 7.10. The van der Waals surface area contributed by atoms with Crippen molar-refractivity contribution in [1.29, 1.82) is 0 Å². The number of rotatable bonds is 8. The number of nitrogens with two attached hydrogens (primary N) is 1. The molecule has 0 bridgehead atoms. The highest BCUT2D eigenvalue weighted by atomic mass is 16.5. The van der Waals surface area contributed by atoms with Gasteiger partial charge in [-0.1, -0.05) is 36.4 Å². The highest BCUT2D eigenvalue weighted by Crippen LogP contribution is 2.32. The number of aromatic nitrogens is 3. The van der Waals surface area contributed by atoms with E-state index in [1.807, 2.05) is 41.3 Å². The summed E-state index contributed by atoms with van der Waals surface area (Å²) in [6.45, 7) is 5.76. The summed E-state index contributed by atoms with van der Waals surface area (Å²) >= 11 is 0. The molecule has 30 heavy (non-hydrogen) atoms. The molecule has 0 saturated carbocycles. The van der Waals surface area contributed by atoms with Crippen LogP contribution in [0.4, 0.5) is 23.1 Å². The summed E-state index contributed by atoms with van der Waals surface area (Å²) in [4.78, 5) is 17.8. The molecule has 3 aromatic rings. The largest absolute Gasteiger partial charge is 0.393 e. The summed E-state index contributed by atoms with van der Waals surface area (Å²) in [5, 5.41) is 3.37. The number of benzene rings is 1. The van der Waals surface area contributed by atoms with Crippen molar-refractivity contribution < 1.29 is 4.74 Å². The number of anilines is 4. The Morgan fingerprint density at radius 1 is 1.00 bits per heavy atom. The SMILES string of the molecule is Nc1c(NCCN2CCOCC2)ncnc1N(Cc1ccccc1)c1ccccn1. The third-order valence-electron chi connectivity index (χ3n) is 5.05. The van der Waals surface area contributed by atoms with Gasteiger partial charge in [0.1, 0.15) is 17.8 Å². The van der Waals surface area contributed by atoms with Crippen molar-refractivity contribution in [3.63, 3.8) is 0 Å². The lowest BCUT2D eigenvalue weighted by Gasteiger charge is -2.27. The van der Waals surface area contributed by atoms with Crippen LogP contribution in [-0.2, 0) is 11.3 Å². The molecule has 8 nitrogen and oxygen atoms in total. The van der Waals surface area contributed by atoms with E-state index in [1.165, 1.54) is 0 Å². The summed E-state index contributed by atoms with van der Waals surface area (Å²) in [7, 11) is 0. The molecule has 1 aromatic carbocycles. The first-order valence-corrected chi connectivity index (χ1v) is 10.2. The molecule has 156 valence electrons. The first kappa shape index (κ1) is 20.1. The van der Waals surface area contributed by atoms with Gasteiger partial charge in [0.15, 0.2) is 11.6 Å². The quantitative estimate of drug-likeness (QED) is 0.591. The van der Waals surface area contributed by atoms with Crippen LogP contribution >= 0.6 is 0 Å². The summed E-state index contributed by atoms with van der Waals surface area (Å²) < 4.78 is 5.40. The standard InChI is InChI=1S/C22H27N7O/c23-20-21(25-10-11-28-12-14-30-15-13-28)26-17-27-22(20)29(19-8-4-5-9-24-19)16-18-6-2-1-3-7-18/h1-9,17H,10-16,23H2,(H,25,26,27). The van der Waals surface area contributed by atoms with Gasteiger partial charge < -0.3 is 20.7 Å². The Morgan fingerprint density at radius 2 is 1.80 bits per heavy atom. The molecular formula is C22H27N7O. The monoisotopic (exact) mass is 405 g/mol. The molecule has 2 aromatic heterocycles. The predicted octanol–water partition coefficient (Wildman–Crippen LogP) is 2.54. The maximum atomic E-state index is 6.50. The molecule has 0 spiro atoms. The van der Waals surface area contributed by atoms with Crippen LogP contribution in [0, 0.1) is 0 Å². The summed E-state index contributed by atoms with van der Waals surface area (Å²) in [5.74, 6) is 2.06. The van der Waals surface area contributed by atoms with E-state index >= 15 is 0 Å². The van der Waals surface area contributed by atoms with Gasteiger partial charge in [0.05, 0.1) is 19.8 Å². The fraction of sp³-hybridized carbons (Fsp3) is 0.318. The van der Waals surface area contributed by atoms with Crippen LogP contribution in [0.5, 0.6) is 0 Å². The maximum Gasteiger partial charge on any atom is 0.163 e. The van der Waals surface area contributed by atoms with Gasteiger partial charge in [-0.25, -0.2) is 15.0 Å². The van der Waals surface area contributed by atoms with Crippen LogP contribution < -0.4 is 16.0 Å². The van der Waals surface area contributed by atoms with Gasteiger partial charge in [0.2, 0.25) is 0 Å². The maximum absolute atomic E-state index is 6.50. The molecular weight excluding hydrogens is 378 g/mol. The topological polar surface area (TPSA) is 92.4 Å². The van der Waals surface area contributed by atoms with E-state index < -0.39 is 0 Å². The van der Waals surface area contributed by atoms with E-state index in [-0.39, 0.29) is 0 Å². The summed E-state index contributed by atoms with van der Waals surface area (Å²) in [6, 6.07) is 16.0. The number of morpholine rings is 1. The molecule has 0 atom stereocenters. The van der Waals surface area contributed by atoms with E-state index in [9.17, 15) is 0 Å². The van der Waals surface area contributed by atoms with E-state index in [1.54, 1.807) is 12.5 Å². The molecule has 1 fully saturated rings. The first-order valence-electron chi connectivity index (χ1n) is 10.2. The molecule has 8 heteroatoms. The Labute approximate surface area is 176 Å². The smallest absolute Gasteiger partial charge is 0.163 e. The number of nitrogens with one attached hydrogen (secondary N) is 1. The Morgan fingerprint density at radius 3 is 2.57 bits per heavy atom. The molecule has 0 amide bonds. The first-order chi connectivity index (χ1) is 14.8. The number of hydrogen-bond acceptors (Lipinski definition) is 8. The van der Waals surface area contributed by atoms with Gasteiger partial charge in [-0.2, -0.15) is 0 Å². The fourth-order valence-electron chi connectivity index (χ4n) is 3.44. The fourth-order valence-corrected chi connectivity index (χ4v) is 3.44. The third-order valence-corrected chi connectivity index (χ3v) is 5.05. The van der Waals surface area contributed by atoms with Crippen LogP contribution in [0.1, 0.15) is 5.56 Å². The molecule has 1 aliphatic heterocycles. The van der Waals surface area contributed by atoms with Gasteiger partial charge >= 0.3 is 0 Å². The van der Waals surface area contributed by atoms with Crippen LogP contribution in [0.3, 0.4) is 0 Å². The van der Waals surface area contributed by atoms with E-state index in [0.717, 1.165) is 50.8 Å². The molecule has 0 aliphatic carbocycles. The van der Waals surface area contributed by atoms with Crippen molar-refractivity contribution >= 4 is 23.1 Å². The molecule has 1 aliphatic rings. The minimum atomic E-state index is 0.515. The van der Waals surface area contributed by atoms with Crippen molar-refractivity contribution in [2.24, 2.45) is 0 Å². The number of nitrogens with zero attached hydrogens (tertiary/aromatic N) is 5. The van der Waals surface area contributed by atoms with Crippen molar-refractivity contribution in [1.82, 2.24) is 19.9 Å². The normalized spacial score (nSPS) is 14.4. The van der Waals surface area contributed by atoms with Crippen LogP contribution in [0.25, 0.3) is 0 Å². The van der Waals surface area contributed by atoms with Crippen LogP contribution in [0.15, 0.2) is 61.1 Å². The molecule has 4 rings (SSSR count). The summed E-state index contributed by atoms with van der Waals surface area (Å²) in [6.07, 6.45) is 3.32. The van der Waals surface area contributed by atoms with Crippen molar-refractivity contribution in [2.45, 2.75) is 6.54 Å². The van der Waals surface area contributed by atoms with Crippen LogP contribution in [-0.4, -0.2) is 59.2 Å². The molecule has 3 heterocycles. The van der Waals surface area contributed by atoms with Gasteiger partial charge in [0, 0.05) is 32.4 Å². The lowest BCUT2D eigenvalue weighted by molar-refractivity contribution is 0.0398. The number of hydrogen-bond donors (Lipinski definition) is 2. The van der Waals surface area contributed by atoms with Gasteiger partial charge in [0.25, 0.3) is 0 Å². The van der Waals surface area contributed by atoms with Crippen LogP contribution in [0.2, 0.25) is 0 Å². The zero-order valence-electron chi connectivity index (χ0n) is 16.9. The summed E-state index contributed by atoms with van der Waals surface area (Å²) in [5.41, 5.74) is 8.16. The lowest BCUT2D eigenvalue weighted by atomic mass is 10.2. The van der Waals surface area contributed by atoms with Gasteiger partial charge in [-0.05, 0) is 17.7 Å². The zero-order chi connectivity index (χ0) is 20.6. The lowest BCUT2D eigenvalue weighted by Crippen LogP contribution is -2.39. The predicted molar refractivity (Wildman–Crippen MR) is 119 cm³/mol. The number of nitrogen functional groups attached to an aromatic ring is 1. The van der Waals surface area contributed by atoms with Crippen molar-refractivity contribution in [3.8, 4) is 0 Å². The van der Waals surface area contributed by atoms with E-state index in [2.05, 4.69) is 37.3 Å².